The number of imidazole rings is 1. The lowest BCUT2D eigenvalue weighted by Gasteiger charge is -2.07. The molecule has 0 aliphatic heterocycles. The number of nitrogens with one attached hydrogen (secondary N) is 1. The second kappa shape index (κ2) is 6.17. The van der Waals surface area contributed by atoms with Crippen molar-refractivity contribution in [2.24, 2.45) is 0 Å². The fraction of sp³-hybridized carbons (Fsp3) is 0.286. The number of anilines is 1. The summed E-state index contributed by atoms with van der Waals surface area (Å²) in [5.41, 5.74) is 0.841. The van der Waals surface area contributed by atoms with Crippen molar-refractivity contribution in [2.75, 3.05) is 11.1 Å². The van der Waals surface area contributed by atoms with Crippen molar-refractivity contribution in [3.8, 4) is 0 Å². The van der Waals surface area contributed by atoms with E-state index in [4.69, 9.17) is 0 Å². The van der Waals surface area contributed by atoms with E-state index in [-0.39, 0.29) is 5.91 Å². The number of aromatic nitrogens is 2. The number of benzene rings is 1. The van der Waals surface area contributed by atoms with Crippen molar-refractivity contribution in [3.63, 3.8) is 0 Å². The molecule has 1 aliphatic carbocycles. The van der Waals surface area contributed by atoms with Gasteiger partial charge in [0.15, 0.2) is 5.16 Å². The molecule has 4 nitrogen and oxygen atoms in total. The van der Waals surface area contributed by atoms with Crippen LogP contribution in [-0.4, -0.2) is 21.2 Å². The lowest BCUT2D eigenvalue weighted by Crippen LogP contribution is -2.14. The summed E-state index contributed by atoms with van der Waals surface area (Å²) in [5.74, 6) is 0.386. The molecule has 2 aromatic rings. The summed E-state index contributed by atoms with van der Waals surface area (Å²) in [5, 5.41) is 3.84. The minimum atomic E-state index is 0.00217. The van der Waals surface area contributed by atoms with Crippen LogP contribution in [0.2, 0.25) is 0 Å². The van der Waals surface area contributed by atoms with Crippen molar-refractivity contribution < 1.29 is 4.79 Å². The van der Waals surface area contributed by atoms with Gasteiger partial charge in [-0.25, -0.2) is 4.98 Å². The Hall–Kier alpha value is -1.02. The third kappa shape index (κ3) is 3.54. The monoisotopic (exact) mass is 399 g/mol. The Kier molecular flexibility index (Phi) is 4.30. The fourth-order valence-corrected chi connectivity index (χ4v) is 3.31. The molecule has 1 fully saturated rings. The molecule has 1 N–H and O–H groups in total. The molecule has 1 aromatic carbocycles. The predicted octanol–water partition coefficient (Wildman–Crippen LogP) is 3.55. The molecule has 0 radical (unpaired) electrons. The van der Waals surface area contributed by atoms with E-state index in [9.17, 15) is 4.79 Å². The summed E-state index contributed by atoms with van der Waals surface area (Å²) in [6.07, 6.45) is 6.24. The number of hydrogen-bond donors (Lipinski definition) is 1. The average Bonchev–Trinajstić information content (AvgIpc) is 3.15. The Labute approximate surface area is 135 Å². The van der Waals surface area contributed by atoms with E-state index >= 15 is 0 Å². The van der Waals surface area contributed by atoms with Crippen LogP contribution in [0.4, 0.5) is 5.69 Å². The Morgan fingerprint density at radius 1 is 1.50 bits per heavy atom. The molecule has 0 spiro atoms. The molecule has 104 valence electrons. The molecular weight excluding hydrogens is 385 g/mol. The van der Waals surface area contributed by atoms with Gasteiger partial charge in [-0.15, -0.1) is 0 Å². The normalized spacial score (nSPS) is 14.2. The van der Waals surface area contributed by atoms with Crippen LogP contribution in [-0.2, 0) is 4.79 Å². The first-order chi connectivity index (χ1) is 9.72. The fourth-order valence-electron chi connectivity index (χ4n) is 1.94. The summed E-state index contributed by atoms with van der Waals surface area (Å²) >= 11 is 3.72. The van der Waals surface area contributed by atoms with Crippen LogP contribution in [0.15, 0.2) is 41.8 Å². The lowest BCUT2D eigenvalue weighted by molar-refractivity contribution is -0.113. The zero-order valence-corrected chi connectivity index (χ0v) is 13.7. The maximum absolute atomic E-state index is 11.9. The second-order valence-electron chi connectivity index (χ2n) is 4.70. The van der Waals surface area contributed by atoms with Gasteiger partial charge in [0.25, 0.3) is 0 Å². The van der Waals surface area contributed by atoms with Gasteiger partial charge in [0.05, 0.1) is 5.75 Å². The SMILES string of the molecule is O=C(CSc1nccn1C1CC1)Nc1cccc(I)c1. The Morgan fingerprint density at radius 2 is 2.35 bits per heavy atom. The first-order valence-corrected chi connectivity index (χ1v) is 8.50. The highest BCUT2D eigenvalue weighted by atomic mass is 127. The van der Waals surface area contributed by atoms with E-state index in [1.165, 1.54) is 24.6 Å². The predicted molar refractivity (Wildman–Crippen MR) is 89.0 cm³/mol. The highest BCUT2D eigenvalue weighted by Gasteiger charge is 2.25. The summed E-state index contributed by atoms with van der Waals surface area (Å²) in [7, 11) is 0. The summed E-state index contributed by atoms with van der Waals surface area (Å²) < 4.78 is 3.28. The molecule has 1 heterocycles. The molecule has 0 bridgehead atoms. The van der Waals surface area contributed by atoms with Crippen LogP contribution >= 0.6 is 34.4 Å². The lowest BCUT2D eigenvalue weighted by atomic mass is 10.3. The minimum absolute atomic E-state index is 0.00217. The van der Waals surface area contributed by atoms with Crippen molar-refractivity contribution >= 4 is 45.9 Å². The van der Waals surface area contributed by atoms with Crippen LogP contribution in [0.1, 0.15) is 18.9 Å². The smallest absolute Gasteiger partial charge is 0.234 e. The Balaban J connectivity index is 1.55. The van der Waals surface area contributed by atoms with E-state index in [1.54, 1.807) is 6.20 Å². The molecule has 1 saturated carbocycles. The average molecular weight is 399 g/mol. The topological polar surface area (TPSA) is 46.9 Å². The van der Waals surface area contributed by atoms with Crippen LogP contribution in [0, 0.1) is 3.57 Å². The minimum Gasteiger partial charge on any atom is -0.325 e. The van der Waals surface area contributed by atoms with Gasteiger partial charge in [-0.1, -0.05) is 17.8 Å². The quantitative estimate of drug-likeness (QED) is 0.618. The van der Waals surface area contributed by atoms with Gasteiger partial charge < -0.3 is 9.88 Å². The number of nitrogens with zero attached hydrogens (tertiary/aromatic N) is 2. The van der Waals surface area contributed by atoms with Crippen molar-refractivity contribution in [2.45, 2.75) is 24.0 Å². The van der Waals surface area contributed by atoms with Gasteiger partial charge >= 0.3 is 0 Å². The molecule has 3 rings (SSSR count). The summed E-state index contributed by atoms with van der Waals surface area (Å²) in [6, 6.07) is 8.38. The number of carbonyl (C=O) groups is 1. The maximum Gasteiger partial charge on any atom is 0.234 e. The third-order valence-corrected chi connectivity index (χ3v) is 4.67. The molecular formula is C14H14IN3OS. The van der Waals surface area contributed by atoms with Crippen LogP contribution in [0.3, 0.4) is 0 Å². The molecule has 1 amide bonds. The van der Waals surface area contributed by atoms with E-state index in [2.05, 4.69) is 37.5 Å². The van der Waals surface area contributed by atoms with Gasteiger partial charge in [0.1, 0.15) is 0 Å². The third-order valence-electron chi connectivity index (χ3n) is 3.01. The molecule has 6 heteroatoms. The molecule has 20 heavy (non-hydrogen) atoms. The van der Waals surface area contributed by atoms with Crippen LogP contribution < -0.4 is 5.32 Å². The number of rotatable bonds is 5. The standard InChI is InChI=1S/C14H14IN3OS/c15-10-2-1-3-11(8-10)17-13(19)9-20-14-16-6-7-18(14)12-4-5-12/h1-3,6-8,12H,4-5,9H2,(H,17,19). The Bertz CT molecular complexity index is 624. The second-order valence-corrected chi connectivity index (χ2v) is 6.88. The van der Waals surface area contributed by atoms with E-state index in [0.717, 1.165) is 14.4 Å². The highest BCUT2D eigenvalue weighted by molar-refractivity contribution is 14.1. The van der Waals surface area contributed by atoms with Gasteiger partial charge in [0.2, 0.25) is 5.91 Å². The first kappa shape index (κ1) is 13.9. The van der Waals surface area contributed by atoms with E-state index in [0.29, 0.717) is 11.8 Å². The zero-order chi connectivity index (χ0) is 13.9. The number of thioether (sulfide) groups is 1. The number of hydrogen-bond acceptors (Lipinski definition) is 3. The first-order valence-electron chi connectivity index (χ1n) is 6.43. The number of carbonyl (C=O) groups excluding carboxylic acids is 1. The number of halogens is 1. The van der Waals surface area contributed by atoms with Crippen molar-refractivity contribution in [3.05, 3.63) is 40.2 Å². The van der Waals surface area contributed by atoms with Crippen molar-refractivity contribution in [1.29, 1.82) is 0 Å². The van der Waals surface area contributed by atoms with Crippen LogP contribution in [0.25, 0.3) is 0 Å². The van der Waals surface area contributed by atoms with E-state index < -0.39 is 0 Å². The van der Waals surface area contributed by atoms with Gasteiger partial charge in [-0.3, -0.25) is 4.79 Å². The largest absolute Gasteiger partial charge is 0.325 e. The molecule has 1 aliphatic rings. The Morgan fingerprint density at radius 3 is 3.10 bits per heavy atom. The molecule has 0 atom stereocenters. The molecule has 0 saturated heterocycles. The van der Waals surface area contributed by atoms with Crippen LogP contribution in [0.5, 0.6) is 0 Å². The summed E-state index contributed by atoms with van der Waals surface area (Å²) in [4.78, 5) is 16.3. The zero-order valence-electron chi connectivity index (χ0n) is 10.8. The highest BCUT2D eigenvalue weighted by Crippen LogP contribution is 2.37. The molecule has 0 unspecified atom stereocenters. The van der Waals surface area contributed by atoms with E-state index in [1.807, 2.05) is 30.5 Å². The molecule has 1 aromatic heterocycles. The maximum atomic E-state index is 11.9. The van der Waals surface area contributed by atoms with Crippen molar-refractivity contribution in [1.82, 2.24) is 9.55 Å². The van der Waals surface area contributed by atoms with Gasteiger partial charge in [-0.05, 0) is 53.6 Å². The summed E-state index contributed by atoms with van der Waals surface area (Å²) in [6.45, 7) is 0. The van der Waals surface area contributed by atoms with Gasteiger partial charge in [-0.2, -0.15) is 0 Å². The van der Waals surface area contributed by atoms with Gasteiger partial charge in [0, 0.05) is 27.7 Å². The number of amides is 1.